The molecule has 1 fully saturated rings. The van der Waals surface area contributed by atoms with Gasteiger partial charge >= 0.3 is 6.09 Å². The van der Waals surface area contributed by atoms with Crippen LogP contribution in [0.3, 0.4) is 0 Å². The van der Waals surface area contributed by atoms with Crippen LogP contribution in [0.25, 0.3) is 11.0 Å². The van der Waals surface area contributed by atoms with E-state index in [0.29, 0.717) is 18.4 Å². The fourth-order valence-electron chi connectivity index (χ4n) is 4.58. The van der Waals surface area contributed by atoms with Crippen LogP contribution in [-0.4, -0.2) is 63.1 Å². The van der Waals surface area contributed by atoms with Gasteiger partial charge in [0.2, 0.25) is 5.95 Å². The summed E-state index contributed by atoms with van der Waals surface area (Å²) in [6.45, 7) is 2.42. The van der Waals surface area contributed by atoms with Gasteiger partial charge in [-0.3, -0.25) is 0 Å². The number of amides is 1. The van der Waals surface area contributed by atoms with Crippen molar-refractivity contribution in [2.45, 2.75) is 31.8 Å². The molecule has 1 aliphatic heterocycles. The second kappa shape index (κ2) is 8.27. The largest absolute Gasteiger partial charge is 0.495 e. The molecule has 1 aliphatic carbocycles. The lowest BCUT2D eigenvalue weighted by atomic mass is 9.80. The summed E-state index contributed by atoms with van der Waals surface area (Å²) in [5.41, 5.74) is 4.21. The zero-order valence-electron chi connectivity index (χ0n) is 18.2. The highest BCUT2D eigenvalue weighted by Gasteiger charge is 2.32. The summed E-state index contributed by atoms with van der Waals surface area (Å²) in [7, 11) is 3.80. The second-order valence-electron chi connectivity index (χ2n) is 8.67. The van der Waals surface area contributed by atoms with Crippen LogP contribution in [0.15, 0.2) is 24.5 Å². The molecule has 0 atom stereocenters. The molecule has 10 nitrogen and oxygen atoms in total. The molecule has 0 spiro atoms. The van der Waals surface area contributed by atoms with Crippen molar-refractivity contribution in [2.75, 3.05) is 32.6 Å². The average Bonchev–Trinajstić information content (AvgIpc) is 3.15. The maximum absolute atomic E-state index is 10.7. The Balaban J connectivity index is 1.36. The molecule has 3 aromatic rings. The first-order valence-electron chi connectivity index (χ1n) is 10.8. The predicted molar refractivity (Wildman–Crippen MR) is 119 cm³/mol. The van der Waals surface area contributed by atoms with Crippen LogP contribution in [0.4, 0.5) is 16.4 Å². The van der Waals surface area contributed by atoms with Gasteiger partial charge in [0.25, 0.3) is 0 Å². The van der Waals surface area contributed by atoms with E-state index in [2.05, 4.69) is 44.8 Å². The molecule has 1 aromatic carbocycles. The molecule has 1 amide bonds. The first kappa shape index (κ1) is 20.5. The quantitative estimate of drug-likeness (QED) is 0.539. The van der Waals surface area contributed by atoms with Gasteiger partial charge in [-0.2, -0.15) is 10.1 Å². The number of benzene rings is 1. The van der Waals surface area contributed by atoms with Crippen LogP contribution in [0, 0.1) is 5.92 Å². The molecule has 0 radical (unpaired) electrons. The molecule has 168 valence electrons. The lowest BCUT2D eigenvalue weighted by Gasteiger charge is -2.35. The van der Waals surface area contributed by atoms with E-state index in [4.69, 9.17) is 14.8 Å². The van der Waals surface area contributed by atoms with E-state index >= 15 is 0 Å². The number of nitrogens with one attached hydrogen (secondary N) is 2. The maximum Gasteiger partial charge on any atom is 0.404 e. The molecule has 0 unspecified atom stereocenters. The fraction of sp³-hybridized carbons (Fsp3) is 0.455. The minimum absolute atomic E-state index is 0.213. The van der Waals surface area contributed by atoms with Gasteiger partial charge in [-0.15, -0.1) is 0 Å². The SMILES string of the molecule is COc1cc2c(cc1Nc1ncc3cnn(C4CC(CNC(=O)O)C4)c3n1)CN(C)CC2. The molecule has 2 aliphatic rings. The van der Waals surface area contributed by atoms with E-state index in [1.165, 1.54) is 11.1 Å². The second-order valence-corrected chi connectivity index (χ2v) is 8.67. The number of carboxylic acid groups (broad SMARTS) is 1. The van der Waals surface area contributed by atoms with Gasteiger partial charge in [0.15, 0.2) is 5.65 Å². The van der Waals surface area contributed by atoms with Crippen LogP contribution < -0.4 is 15.4 Å². The van der Waals surface area contributed by atoms with Crippen LogP contribution in [0.1, 0.15) is 30.0 Å². The Kier molecular flexibility index (Phi) is 5.30. The Morgan fingerprint density at radius 3 is 2.91 bits per heavy atom. The van der Waals surface area contributed by atoms with E-state index in [1.54, 1.807) is 19.5 Å². The van der Waals surface area contributed by atoms with Crippen molar-refractivity contribution in [1.82, 2.24) is 30.0 Å². The number of anilines is 2. The Hall–Kier alpha value is -3.40. The Morgan fingerprint density at radius 2 is 2.12 bits per heavy atom. The molecule has 1 saturated carbocycles. The normalized spacial score (nSPS) is 20.4. The van der Waals surface area contributed by atoms with E-state index in [0.717, 1.165) is 54.8 Å². The average molecular weight is 438 g/mol. The van der Waals surface area contributed by atoms with Crippen molar-refractivity contribution in [3.8, 4) is 5.75 Å². The van der Waals surface area contributed by atoms with Gasteiger partial charge in [0.1, 0.15) is 5.75 Å². The van der Waals surface area contributed by atoms with Gasteiger partial charge < -0.3 is 25.4 Å². The van der Waals surface area contributed by atoms with E-state index in [9.17, 15) is 4.79 Å². The summed E-state index contributed by atoms with van der Waals surface area (Å²) in [6, 6.07) is 4.44. The van der Waals surface area contributed by atoms with Gasteiger partial charge in [0, 0.05) is 25.8 Å². The number of nitrogens with zero attached hydrogens (tertiary/aromatic N) is 5. The van der Waals surface area contributed by atoms with Crippen molar-refractivity contribution in [1.29, 1.82) is 0 Å². The number of aromatic nitrogens is 4. The minimum Gasteiger partial charge on any atom is -0.495 e. The molecule has 0 bridgehead atoms. The zero-order valence-corrected chi connectivity index (χ0v) is 18.2. The number of rotatable bonds is 6. The van der Waals surface area contributed by atoms with Crippen LogP contribution >= 0.6 is 0 Å². The highest BCUT2D eigenvalue weighted by Crippen LogP contribution is 2.38. The third-order valence-electron chi connectivity index (χ3n) is 6.40. The lowest BCUT2D eigenvalue weighted by molar-refractivity contribution is 0.165. The third-order valence-corrected chi connectivity index (χ3v) is 6.40. The van der Waals surface area contributed by atoms with Crippen molar-refractivity contribution in [3.05, 3.63) is 35.7 Å². The van der Waals surface area contributed by atoms with Crippen molar-refractivity contribution < 1.29 is 14.6 Å². The Bertz CT molecular complexity index is 1160. The molecule has 3 heterocycles. The molecular formula is C22H27N7O3. The predicted octanol–water partition coefficient (Wildman–Crippen LogP) is 2.79. The number of methoxy groups -OCH3 is 1. The molecule has 32 heavy (non-hydrogen) atoms. The fourth-order valence-corrected chi connectivity index (χ4v) is 4.58. The van der Waals surface area contributed by atoms with Crippen molar-refractivity contribution in [3.63, 3.8) is 0 Å². The number of hydrogen-bond donors (Lipinski definition) is 3. The van der Waals surface area contributed by atoms with Crippen LogP contribution in [-0.2, 0) is 13.0 Å². The topological polar surface area (TPSA) is 117 Å². The number of hydrogen-bond acceptors (Lipinski definition) is 7. The summed E-state index contributed by atoms with van der Waals surface area (Å²) in [5, 5.41) is 20.0. The summed E-state index contributed by atoms with van der Waals surface area (Å²) < 4.78 is 7.56. The van der Waals surface area contributed by atoms with E-state index in [1.807, 2.05) is 4.68 Å². The van der Waals surface area contributed by atoms with Crippen LogP contribution in [0.2, 0.25) is 0 Å². The molecule has 10 heteroatoms. The van der Waals surface area contributed by atoms with Crippen molar-refractivity contribution >= 4 is 28.8 Å². The maximum atomic E-state index is 10.7. The van der Waals surface area contributed by atoms with Gasteiger partial charge in [-0.1, -0.05) is 0 Å². The summed E-state index contributed by atoms with van der Waals surface area (Å²) in [5.74, 6) is 1.59. The molecule has 0 saturated heterocycles. The van der Waals surface area contributed by atoms with Gasteiger partial charge in [-0.25, -0.2) is 14.5 Å². The highest BCUT2D eigenvalue weighted by molar-refractivity contribution is 5.76. The first-order valence-corrected chi connectivity index (χ1v) is 10.8. The van der Waals surface area contributed by atoms with E-state index in [-0.39, 0.29) is 6.04 Å². The smallest absolute Gasteiger partial charge is 0.404 e. The van der Waals surface area contributed by atoms with Gasteiger partial charge in [0.05, 0.1) is 30.4 Å². The molecule has 5 rings (SSSR count). The standard InChI is InChI=1S/C22H27N7O3/c1-28-4-3-14-8-19(32-2)18(7-15(14)12-28)26-21-23-10-16-11-25-29(20(16)27-21)17-5-13(6-17)9-24-22(30)31/h7-8,10-11,13,17,24H,3-6,9,12H2,1-2H3,(H,30,31)(H,23,26,27). The molecular weight excluding hydrogens is 410 g/mol. The number of carbonyl (C=O) groups is 1. The number of fused-ring (bicyclic) bond motifs is 2. The zero-order chi connectivity index (χ0) is 22.2. The minimum atomic E-state index is -0.981. The highest BCUT2D eigenvalue weighted by atomic mass is 16.5. The van der Waals surface area contributed by atoms with E-state index < -0.39 is 6.09 Å². The summed E-state index contributed by atoms with van der Waals surface area (Å²) >= 11 is 0. The first-order chi connectivity index (χ1) is 15.5. The molecule has 3 N–H and O–H groups in total. The van der Waals surface area contributed by atoms with Gasteiger partial charge in [-0.05, 0) is 55.5 Å². The lowest BCUT2D eigenvalue weighted by Crippen LogP contribution is -2.36. The number of ether oxygens (including phenoxy) is 1. The third kappa shape index (κ3) is 3.93. The van der Waals surface area contributed by atoms with Crippen LogP contribution in [0.5, 0.6) is 5.75 Å². The summed E-state index contributed by atoms with van der Waals surface area (Å²) in [6.07, 6.45) is 5.32. The summed E-state index contributed by atoms with van der Waals surface area (Å²) in [4.78, 5) is 22.2. The molecule has 2 aromatic heterocycles. The Morgan fingerprint density at radius 1 is 1.28 bits per heavy atom. The number of likely N-dealkylation sites (N-methyl/N-ethyl adjacent to an activating group) is 1. The Labute approximate surface area is 185 Å². The van der Waals surface area contributed by atoms with Crippen molar-refractivity contribution in [2.24, 2.45) is 5.92 Å². The monoisotopic (exact) mass is 437 g/mol.